The van der Waals surface area contributed by atoms with E-state index in [2.05, 4.69) is 20.5 Å². The molecule has 0 atom stereocenters. The topological polar surface area (TPSA) is 50.2 Å². The molecule has 0 spiro atoms. The van der Waals surface area contributed by atoms with Crippen LogP contribution in [0.3, 0.4) is 0 Å². The Morgan fingerprint density at radius 1 is 1.31 bits per heavy atom. The Labute approximate surface area is 100 Å². The minimum absolute atomic E-state index is 0.373. The van der Waals surface area contributed by atoms with Crippen molar-refractivity contribution in [3.8, 4) is 0 Å². The van der Waals surface area contributed by atoms with Crippen LogP contribution in [-0.4, -0.2) is 16.2 Å². The summed E-state index contributed by atoms with van der Waals surface area (Å²) in [5.41, 5.74) is 2.84. The van der Waals surface area contributed by atoms with E-state index >= 15 is 0 Å². The second-order valence-corrected chi connectivity index (χ2v) is 4.40. The first-order valence-corrected chi connectivity index (χ1v) is 5.99. The summed E-state index contributed by atoms with van der Waals surface area (Å²) in [6.07, 6.45) is 11.5. The van der Waals surface area contributed by atoms with Crippen LogP contribution >= 0.6 is 11.6 Å². The van der Waals surface area contributed by atoms with Crippen molar-refractivity contribution in [3.63, 3.8) is 0 Å². The van der Waals surface area contributed by atoms with Crippen molar-refractivity contribution in [1.29, 1.82) is 0 Å². The van der Waals surface area contributed by atoms with Crippen LogP contribution in [-0.2, 0) is 0 Å². The summed E-state index contributed by atoms with van der Waals surface area (Å²) < 4.78 is 0. The minimum atomic E-state index is 0.373. The van der Waals surface area contributed by atoms with Gasteiger partial charge in [0.25, 0.3) is 0 Å². The second-order valence-electron chi connectivity index (χ2n) is 4.02. The summed E-state index contributed by atoms with van der Waals surface area (Å²) in [7, 11) is 0. The Morgan fingerprint density at radius 2 is 2.12 bits per heavy atom. The smallest absolute Gasteiger partial charge is 0.166 e. The summed E-state index contributed by atoms with van der Waals surface area (Å²) in [5.74, 6) is 1.19. The average molecular weight is 239 g/mol. The van der Waals surface area contributed by atoms with Gasteiger partial charge in [-0.25, -0.2) is 4.98 Å². The van der Waals surface area contributed by atoms with Crippen LogP contribution in [0.5, 0.6) is 0 Å². The van der Waals surface area contributed by atoms with Gasteiger partial charge in [-0.3, -0.25) is 10.4 Å². The van der Waals surface area contributed by atoms with Gasteiger partial charge in [-0.2, -0.15) is 5.10 Å². The quantitative estimate of drug-likeness (QED) is 0.650. The summed E-state index contributed by atoms with van der Waals surface area (Å²) in [6, 6.07) is 0. The molecule has 0 saturated heterocycles. The fourth-order valence-electron chi connectivity index (χ4n) is 1.89. The molecule has 5 heteroatoms. The molecule has 0 aromatic carbocycles. The Morgan fingerprint density at radius 3 is 2.88 bits per heavy atom. The predicted molar refractivity (Wildman–Crippen MR) is 65.7 cm³/mol. The number of hydrazone groups is 1. The molecule has 1 N–H and O–H groups in total. The molecule has 1 aromatic heterocycles. The molecule has 1 saturated carbocycles. The predicted octanol–water partition coefficient (Wildman–Crippen LogP) is 3.11. The van der Waals surface area contributed by atoms with Crippen molar-refractivity contribution < 1.29 is 0 Å². The second kappa shape index (κ2) is 5.80. The number of nitrogens with one attached hydrogen (secondary N) is 1. The first kappa shape index (κ1) is 11.3. The van der Waals surface area contributed by atoms with E-state index in [1.807, 2.05) is 6.21 Å². The van der Waals surface area contributed by atoms with Crippen LogP contribution in [0.25, 0.3) is 0 Å². The number of halogens is 1. The highest BCUT2D eigenvalue weighted by Crippen LogP contribution is 2.21. The molecule has 1 aromatic rings. The van der Waals surface area contributed by atoms with E-state index < -0.39 is 0 Å². The first-order chi connectivity index (χ1) is 7.84. The number of anilines is 1. The van der Waals surface area contributed by atoms with Crippen molar-refractivity contribution in [2.75, 3.05) is 5.43 Å². The fraction of sp³-hybridized carbons (Fsp3) is 0.545. The molecule has 1 fully saturated rings. The summed E-state index contributed by atoms with van der Waals surface area (Å²) in [4.78, 5) is 7.95. The molecule has 86 valence electrons. The molecular weight excluding hydrogens is 224 g/mol. The molecule has 0 unspecified atom stereocenters. The van der Waals surface area contributed by atoms with Crippen LogP contribution in [0.4, 0.5) is 5.82 Å². The number of rotatable bonds is 3. The molecule has 16 heavy (non-hydrogen) atoms. The maximum Gasteiger partial charge on any atom is 0.166 e. The zero-order valence-electron chi connectivity index (χ0n) is 9.06. The Kier molecular flexibility index (Phi) is 4.10. The first-order valence-electron chi connectivity index (χ1n) is 5.61. The summed E-state index contributed by atoms with van der Waals surface area (Å²) >= 11 is 5.71. The van der Waals surface area contributed by atoms with Crippen LogP contribution in [0.1, 0.15) is 32.1 Å². The molecule has 4 nitrogen and oxygen atoms in total. The number of nitrogens with zero attached hydrogens (tertiary/aromatic N) is 3. The van der Waals surface area contributed by atoms with Gasteiger partial charge in [0, 0.05) is 6.21 Å². The lowest BCUT2D eigenvalue weighted by atomic mass is 9.90. The molecule has 2 rings (SSSR count). The van der Waals surface area contributed by atoms with Crippen molar-refractivity contribution in [2.24, 2.45) is 11.0 Å². The van der Waals surface area contributed by atoms with Gasteiger partial charge in [-0.05, 0) is 18.8 Å². The van der Waals surface area contributed by atoms with Crippen molar-refractivity contribution in [1.82, 2.24) is 9.97 Å². The van der Waals surface area contributed by atoms with E-state index in [1.165, 1.54) is 38.3 Å². The third kappa shape index (κ3) is 3.45. The lowest BCUT2D eigenvalue weighted by Crippen LogP contribution is -2.08. The van der Waals surface area contributed by atoms with Crippen LogP contribution in [0.2, 0.25) is 5.15 Å². The van der Waals surface area contributed by atoms with E-state index in [1.54, 1.807) is 6.20 Å². The standard InChI is InChI=1S/C11H15ClN4/c12-10-7-13-8-11(15-10)16-14-6-9-4-2-1-3-5-9/h6-9H,1-5H2,(H,15,16)/b14-6+. The Bertz CT molecular complexity index is 361. The molecular formula is C11H15ClN4. The maximum absolute atomic E-state index is 5.71. The van der Waals surface area contributed by atoms with Gasteiger partial charge >= 0.3 is 0 Å². The zero-order chi connectivity index (χ0) is 11.2. The van der Waals surface area contributed by atoms with E-state index in [-0.39, 0.29) is 0 Å². The molecule has 0 aliphatic heterocycles. The third-order valence-electron chi connectivity index (χ3n) is 2.72. The van der Waals surface area contributed by atoms with Gasteiger partial charge in [0.1, 0.15) is 5.15 Å². The molecule has 1 aliphatic rings. The van der Waals surface area contributed by atoms with Crippen molar-refractivity contribution in [3.05, 3.63) is 17.5 Å². The average Bonchev–Trinajstić information content (AvgIpc) is 2.30. The lowest BCUT2D eigenvalue weighted by Gasteiger charge is -2.16. The highest BCUT2D eigenvalue weighted by molar-refractivity contribution is 6.29. The molecule has 1 aliphatic carbocycles. The summed E-state index contributed by atoms with van der Waals surface area (Å²) in [6.45, 7) is 0. The fourth-order valence-corrected chi connectivity index (χ4v) is 2.04. The zero-order valence-corrected chi connectivity index (χ0v) is 9.82. The van der Waals surface area contributed by atoms with Crippen LogP contribution in [0.15, 0.2) is 17.5 Å². The molecule has 0 bridgehead atoms. The third-order valence-corrected chi connectivity index (χ3v) is 2.90. The van der Waals surface area contributed by atoms with E-state index in [4.69, 9.17) is 11.6 Å². The number of aromatic nitrogens is 2. The van der Waals surface area contributed by atoms with E-state index in [0.29, 0.717) is 16.9 Å². The minimum Gasteiger partial charge on any atom is -0.260 e. The molecule has 0 amide bonds. The largest absolute Gasteiger partial charge is 0.260 e. The summed E-state index contributed by atoms with van der Waals surface area (Å²) in [5, 5.41) is 4.54. The van der Waals surface area contributed by atoms with Crippen LogP contribution < -0.4 is 5.43 Å². The Hall–Kier alpha value is -1.16. The molecule has 0 radical (unpaired) electrons. The van der Waals surface area contributed by atoms with Gasteiger partial charge in [0.05, 0.1) is 12.4 Å². The molecule has 1 heterocycles. The highest BCUT2D eigenvalue weighted by atomic mass is 35.5. The van der Waals surface area contributed by atoms with E-state index in [9.17, 15) is 0 Å². The van der Waals surface area contributed by atoms with Crippen molar-refractivity contribution >= 4 is 23.6 Å². The monoisotopic (exact) mass is 238 g/mol. The van der Waals surface area contributed by atoms with Gasteiger partial charge in [0.2, 0.25) is 0 Å². The van der Waals surface area contributed by atoms with Gasteiger partial charge in [-0.1, -0.05) is 30.9 Å². The normalized spacial score (nSPS) is 17.8. The van der Waals surface area contributed by atoms with Crippen molar-refractivity contribution in [2.45, 2.75) is 32.1 Å². The van der Waals surface area contributed by atoms with E-state index in [0.717, 1.165) is 0 Å². The van der Waals surface area contributed by atoms with Gasteiger partial charge in [-0.15, -0.1) is 0 Å². The SMILES string of the molecule is Clc1cncc(N/N=C/C2CCCCC2)n1. The van der Waals surface area contributed by atoms with Crippen LogP contribution in [0, 0.1) is 5.92 Å². The maximum atomic E-state index is 5.71. The number of hydrogen-bond acceptors (Lipinski definition) is 4. The highest BCUT2D eigenvalue weighted by Gasteiger charge is 2.10. The number of hydrogen-bond donors (Lipinski definition) is 1. The van der Waals surface area contributed by atoms with Gasteiger partial charge in [0.15, 0.2) is 5.82 Å². The van der Waals surface area contributed by atoms with Gasteiger partial charge < -0.3 is 0 Å². The Balaban J connectivity index is 1.84. The lowest BCUT2D eigenvalue weighted by molar-refractivity contribution is 0.445.